The van der Waals surface area contributed by atoms with Gasteiger partial charge in [0.1, 0.15) is 23.0 Å². The van der Waals surface area contributed by atoms with E-state index < -0.39 is 12.4 Å². The summed E-state index contributed by atoms with van der Waals surface area (Å²) in [6.07, 6.45) is 0. The Labute approximate surface area is 89.7 Å². The predicted molar refractivity (Wildman–Crippen MR) is 50.4 cm³/mol. The van der Waals surface area contributed by atoms with Crippen LogP contribution in [-0.2, 0) is 0 Å². The molecule has 0 radical (unpaired) electrons. The van der Waals surface area contributed by atoms with Crippen molar-refractivity contribution in [3.8, 4) is 6.07 Å². The van der Waals surface area contributed by atoms with Gasteiger partial charge in [-0.05, 0) is 6.07 Å². The third-order valence-corrected chi connectivity index (χ3v) is 1.95. The van der Waals surface area contributed by atoms with Gasteiger partial charge in [-0.2, -0.15) is 5.26 Å². The molecule has 1 aromatic heterocycles. The molecule has 1 N–H and O–H groups in total. The van der Waals surface area contributed by atoms with Crippen molar-refractivity contribution in [3.63, 3.8) is 0 Å². The third-order valence-electron chi connectivity index (χ3n) is 1.49. The van der Waals surface area contributed by atoms with E-state index in [4.69, 9.17) is 33.6 Å². The number of halogens is 2. The van der Waals surface area contributed by atoms with Crippen LogP contribution in [0.25, 0.3) is 0 Å². The first-order valence-corrected chi connectivity index (χ1v) is 4.26. The van der Waals surface area contributed by atoms with Crippen molar-refractivity contribution in [3.05, 3.63) is 27.5 Å². The summed E-state index contributed by atoms with van der Waals surface area (Å²) in [5.74, 6) is -0.657. The zero-order chi connectivity index (χ0) is 10.7. The van der Waals surface area contributed by atoms with Gasteiger partial charge >= 0.3 is 0 Å². The Hall–Kier alpha value is -1.15. The molecule has 0 aliphatic heterocycles. The molecule has 72 valence electrons. The van der Waals surface area contributed by atoms with Crippen LogP contribution < -0.4 is 0 Å². The van der Waals surface area contributed by atoms with Crippen LogP contribution in [0.15, 0.2) is 6.07 Å². The largest absolute Gasteiger partial charge is 0.388 e. The lowest BCUT2D eigenvalue weighted by molar-refractivity contribution is 0.0903. The van der Waals surface area contributed by atoms with Crippen molar-refractivity contribution < 1.29 is 9.90 Å². The topological polar surface area (TPSA) is 74.0 Å². The van der Waals surface area contributed by atoms with Gasteiger partial charge in [0.2, 0.25) is 0 Å². The van der Waals surface area contributed by atoms with E-state index >= 15 is 0 Å². The molecule has 4 nitrogen and oxygen atoms in total. The summed E-state index contributed by atoms with van der Waals surface area (Å²) in [7, 11) is 0. The molecule has 0 bridgehead atoms. The van der Waals surface area contributed by atoms with Crippen LogP contribution in [0, 0.1) is 11.3 Å². The van der Waals surface area contributed by atoms with Gasteiger partial charge in [-0.25, -0.2) is 4.98 Å². The number of aliphatic hydroxyl groups excluding tert-OH is 1. The molecule has 0 unspecified atom stereocenters. The molecule has 1 aromatic rings. The SMILES string of the molecule is N#Cc1cc(Cl)nc(Cl)c1C(=O)CO. The van der Waals surface area contributed by atoms with Gasteiger partial charge in [0.15, 0.2) is 5.78 Å². The van der Waals surface area contributed by atoms with E-state index in [1.165, 1.54) is 6.07 Å². The summed E-state index contributed by atoms with van der Waals surface area (Å²) in [6, 6.07) is 2.97. The second-order valence-corrected chi connectivity index (χ2v) is 3.10. The van der Waals surface area contributed by atoms with E-state index in [0.29, 0.717) is 0 Å². The van der Waals surface area contributed by atoms with Crippen LogP contribution in [-0.4, -0.2) is 22.5 Å². The lowest BCUT2D eigenvalue weighted by atomic mass is 10.1. The van der Waals surface area contributed by atoms with Crippen LogP contribution >= 0.6 is 23.2 Å². The molecule has 1 heterocycles. The molecule has 14 heavy (non-hydrogen) atoms. The summed E-state index contributed by atoms with van der Waals surface area (Å²) in [6.45, 7) is -0.724. The fraction of sp³-hybridized carbons (Fsp3) is 0.125. The number of Topliss-reactive ketones (excluding diaryl/α,β-unsaturated/α-hetero) is 1. The Kier molecular flexibility index (Phi) is 3.42. The summed E-state index contributed by atoms with van der Waals surface area (Å²) >= 11 is 11.1. The first-order chi connectivity index (χ1) is 6.60. The Morgan fingerprint density at radius 1 is 1.64 bits per heavy atom. The van der Waals surface area contributed by atoms with Crippen molar-refractivity contribution in [2.45, 2.75) is 0 Å². The van der Waals surface area contributed by atoms with Gasteiger partial charge in [0, 0.05) is 0 Å². The molecule has 6 heteroatoms. The van der Waals surface area contributed by atoms with E-state index in [-0.39, 0.29) is 21.4 Å². The maximum Gasteiger partial charge on any atom is 0.192 e. The van der Waals surface area contributed by atoms with Gasteiger partial charge in [0.05, 0.1) is 11.1 Å². The van der Waals surface area contributed by atoms with Gasteiger partial charge in [0.25, 0.3) is 0 Å². The monoisotopic (exact) mass is 230 g/mol. The number of hydrogen-bond acceptors (Lipinski definition) is 4. The maximum absolute atomic E-state index is 11.2. The normalized spacial score (nSPS) is 9.57. The molecule has 0 spiro atoms. The average Bonchev–Trinajstić information content (AvgIpc) is 2.15. The van der Waals surface area contributed by atoms with Crippen LogP contribution in [0.5, 0.6) is 0 Å². The Bertz CT molecular complexity index is 426. The Balaban J connectivity index is 3.42. The predicted octanol–water partition coefficient (Wildman–Crippen LogP) is 1.44. The number of hydrogen-bond donors (Lipinski definition) is 1. The average molecular weight is 231 g/mol. The molecule has 0 fully saturated rings. The van der Waals surface area contributed by atoms with Crippen LogP contribution in [0.4, 0.5) is 0 Å². The highest BCUT2D eigenvalue weighted by atomic mass is 35.5. The van der Waals surface area contributed by atoms with Gasteiger partial charge in [-0.3, -0.25) is 4.79 Å². The van der Waals surface area contributed by atoms with E-state index in [1.54, 1.807) is 6.07 Å². The molecular formula is C8H4Cl2N2O2. The number of rotatable bonds is 2. The number of aliphatic hydroxyl groups is 1. The molecule has 0 aliphatic rings. The summed E-state index contributed by atoms with van der Waals surface area (Å²) in [5.41, 5.74) is -0.0879. The zero-order valence-electron chi connectivity index (χ0n) is 6.79. The molecule has 0 atom stereocenters. The van der Waals surface area contributed by atoms with Gasteiger partial charge < -0.3 is 5.11 Å². The summed E-state index contributed by atoms with van der Waals surface area (Å²) in [5, 5.41) is 17.2. The minimum Gasteiger partial charge on any atom is -0.388 e. The highest BCUT2D eigenvalue weighted by molar-refractivity contribution is 6.35. The highest BCUT2D eigenvalue weighted by Gasteiger charge is 2.16. The number of nitriles is 1. The molecule has 0 amide bonds. The van der Waals surface area contributed by atoms with Gasteiger partial charge in [-0.1, -0.05) is 23.2 Å². The van der Waals surface area contributed by atoms with E-state index in [0.717, 1.165) is 0 Å². The van der Waals surface area contributed by atoms with E-state index in [2.05, 4.69) is 4.98 Å². The number of aromatic nitrogens is 1. The molecule has 0 saturated carbocycles. The number of pyridine rings is 1. The van der Waals surface area contributed by atoms with Crippen molar-refractivity contribution in [2.75, 3.05) is 6.61 Å². The molecular weight excluding hydrogens is 227 g/mol. The van der Waals surface area contributed by atoms with Crippen molar-refractivity contribution >= 4 is 29.0 Å². The highest BCUT2D eigenvalue weighted by Crippen LogP contribution is 2.21. The molecule has 0 aromatic carbocycles. The number of carbonyl (C=O) groups excluding carboxylic acids is 1. The maximum atomic E-state index is 11.2. The number of nitrogens with zero attached hydrogens (tertiary/aromatic N) is 2. The Morgan fingerprint density at radius 2 is 2.29 bits per heavy atom. The molecule has 0 aliphatic carbocycles. The minimum atomic E-state index is -0.724. The van der Waals surface area contributed by atoms with Gasteiger partial charge in [-0.15, -0.1) is 0 Å². The van der Waals surface area contributed by atoms with E-state index in [9.17, 15) is 4.79 Å². The third kappa shape index (κ3) is 2.02. The smallest absolute Gasteiger partial charge is 0.192 e. The second kappa shape index (κ2) is 4.38. The van der Waals surface area contributed by atoms with Crippen LogP contribution in [0.3, 0.4) is 0 Å². The lowest BCUT2D eigenvalue weighted by Gasteiger charge is -2.02. The summed E-state index contributed by atoms with van der Waals surface area (Å²) in [4.78, 5) is 14.8. The van der Waals surface area contributed by atoms with E-state index in [1.807, 2.05) is 0 Å². The Morgan fingerprint density at radius 3 is 2.79 bits per heavy atom. The minimum absolute atomic E-state index is 0.00838. The fourth-order valence-electron chi connectivity index (χ4n) is 0.917. The zero-order valence-corrected chi connectivity index (χ0v) is 8.30. The van der Waals surface area contributed by atoms with Crippen LogP contribution in [0.1, 0.15) is 15.9 Å². The number of carbonyl (C=O) groups is 1. The molecule has 1 rings (SSSR count). The lowest BCUT2D eigenvalue weighted by Crippen LogP contribution is -2.08. The summed E-state index contributed by atoms with van der Waals surface area (Å²) < 4.78 is 0. The quantitative estimate of drug-likeness (QED) is 0.617. The first-order valence-electron chi connectivity index (χ1n) is 3.50. The fourth-order valence-corrected chi connectivity index (χ4v) is 1.45. The first kappa shape index (κ1) is 10.9. The standard InChI is InChI=1S/C8H4Cl2N2O2/c9-6-1-4(2-11)7(5(14)3-13)8(10)12-6/h1,13H,3H2. The molecule has 0 saturated heterocycles. The number of ketones is 1. The van der Waals surface area contributed by atoms with Crippen molar-refractivity contribution in [2.24, 2.45) is 0 Å². The second-order valence-electron chi connectivity index (χ2n) is 2.35. The van der Waals surface area contributed by atoms with Crippen LogP contribution in [0.2, 0.25) is 10.3 Å². The van der Waals surface area contributed by atoms with Crippen molar-refractivity contribution in [1.29, 1.82) is 5.26 Å². The van der Waals surface area contributed by atoms with Crippen molar-refractivity contribution in [1.82, 2.24) is 4.98 Å².